The Kier molecular flexibility index (Phi) is 5.22. The van der Waals surface area contributed by atoms with Crippen LogP contribution >= 0.6 is 0 Å². The molecule has 0 unspecified atom stereocenters. The van der Waals surface area contributed by atoms with Crippen molar-refractivity contribution < 1.29 is 13.3 Å². The van der Waals surface area contributed by atoms with Gasteiger partial charge in [-0.15, -0.1) is 0 Å². The van der Waals surface area contributed by atoms with E-state index in [0.29, 0.717) is 18.0 Å². The molecule has 0 bridgehead atoms. The number of sulfonamides is 1. The lowest BCUT2D eigenvalue weighted by Gasteiger charge is -2.32. The molecule has 0 aliphatic carbocycles. The minimum atomic E-state index is -3.42. The molecule has 22 heavy (non-hydrogen) atoms. The number of piperazine rings is 1. The Morgan fingerprint density at radius 2 is 1.95 bits per heavy atom. The van der Waals surface area contributed by atoms with Crippen LogP contribution < -0.4 is 4.90 Å². The van der Waals surface area contributed by atoms with Crippen LogP contribution in [0.2, 0.25) is 0 Å². The van der Waals surface area contributed by atoms with Crippen molar-refractivity contribution in [2.45, 2.75) is 25.7 Å². The number of nitriles is 1. The van der Waals surface area contributed by atoms with Gasteiger partial charge in [0.15, 0.2) is 0 Å². The molecule has 1 heterocycles. The monoisotopic (exact) mass is 322 g/mol. The third kappa shape index (κ3) is 3.67. The quantitative estimate of drug-likeness (QED) is 0.870. The zero-order valence-corrected chi connectivity index (χ0v) is 14.3. The van der Waals surface area contributed by atoms with Crippen molar-refractivity contribution in [1.82, 2.24) is 4.31 Å². The summed E-state index contributed by atoms with van der Waals surface area (Å²) in [4.78, 5) is 1.72. The summed E-state index contributed by atoms with van der Waals surface area (Å²) in [7, 11) is -3.42. The van der Waals surface area contributed by atoms with E-state index in [1.165, 1.54) is 4.90 Å². The van der Waals surface area contributed by atoms with E-state index in [0.717, 1.165) is 30.8 Å². The van der Waals surface area contributed by atoms with Gasteiger partial charge in [-0.2, -0.15) is 9.57 Å². The lowest BCUT2D eigenvalue weighted by atomic mass is 10.2. The standard InChI is InChI=1S/C16H23N3O2S/c1-13-4-5-15(3)16(10-13)22(20,21)19-8-6-18(7-9-19)12-14(2)11-17/h4-5,10,14H,6-9,12H2,1-3H3/p+1/t14-/m0/s1. The third-order valence-electron chi connectivity index (χ3n) is 4.21. The van der Waals surface area contributed by atoms with E-state index in [1.54, 1.807) is 10.4 Å². The van der Waals surface area contributed by atoms with Crippen LogP contribution in [0.4, 0.5) is 0 Å². The highest BCUT2D eigenvalue weighted by Crippen LogP contribution is 2.21. The first-order valence-corrected chi connectivity index (χ1v) is 9.09. The smallest absolute Gasteiger partial charge is 0.243 e. The van der Waals surface area contributed by atoms with Crippen LogP contribution in [-0.4, -0.2) is 45.4 Å². The summed E-state index contributed by atoms with van der Waals surface area (Å²) in [6.45, 7) is 8.99. The lowest BCUT2D eigenvalue weighted by Crippen LogP contribution is -3.15. The molecule has 2 rings (SSSR count). The average molecular weight is 322 g/mol. The Morgan fingerprint density at radius 3 is 2.55 bits per heavy atom. The van der Waals surface area contributed by atoms with Gasteiger partial charge in [0.2, 0.25) is 10.0 Å². The van der Waals surface area contributed by atoms with Gasteiger partial charge >= 0.3 is 0 Å². The third-order valence-corrected chi connectivity index (χ3v) is 6.25. The molecule has 0 radical (unpaired) electrons. The summed E-state index contributed by atoms with van der Waals surface area (Å²) in [6, 6.07) is 7.78. The Morgan fingerprint density at radius 1 is 1.32 bits per heavy atom. The van der Waals surface area contributed by atoms with Gasteiger partial charge < -0.3 is 4.90 Å². The van der Waals surface area contributed by atoms with Crippen molar-refractivity contribution >= 4 is 10.0 Å². The molecular weight excluding hydrogens is 298 g/mol. The van der Waals surface area contributed by atoms with Crippen LogP contribution in [0.1, 0.15) is 18.1 Å². The summed E-state index contributed by atoms with van der Waals surface area (Å²) >= 11 is 0. The van der Waals surface area contributed by atoms with Crippen LogP contribution in [0.15, 0.2) is 23.1 Å². The number of hydrogen-bond acceptors (Lipinski definition) is 3. The molecule has 1 N–H and O–H groups in total. The fourth-order valence-electron chi connectivity index (χ4n) is 2.85. The molecule has 1 atom stereocenters. The van der Waals surface area contributed by atoms with Gasteiger partial charge in [0.05, 0.1) is 49.6 Å². The summed E-state index contributed by atoms with van der Waals surface area (Å²) in [6.07, 6.45) is 0. The molecule has 1 fully saturated rings. The van der Waals surface area contributed by atoms with Gasteiger partial charge in [-0.3, -0.25) is 0 Å². The largest absolute Gasteiger partial charge is 0.332 e. The molecule has 6 heteroatoms. The second-order valence-electron chi connectivity index (χ2n) is 6.16. The SMILES string of the molecule is Cc1ccc(C)c(S(=O)(=O)N2CC[NH+](C[C@@H](C)C#N)CC2)c1. The van der Waals surface area contributed by atoms with Crippen LogP contribution in [-0.2, 0) is 10.0 Å². The first kappa shape index (κ1) is 16.9. The molecule has 1 aliphatic heterocycles. The highest BCUT2D eigenvalue weighted by atomic mass is 32.2. The van der Waals surface area contributed by atoms with Crippen molar-refractivity contribution in [3.63, 3.8) is 0 Å². The summed E-state index contributed by atoms with van der Waals surface area (Å²) in [5.74, 6) is 0.0113. The second kappa shape index (κ2) is 6.78. The molecule has 0 aromatic heterocycles. The zero-order chi connectivity index (χ0) is 16.3. The van der Waals surface area contributed by atoms with E-state index in [2.05, 4.69) is 6.07 Å². The summed E-state index contributed by atoms with van der Waals surface area (Å²) in [5.41, 5.74) is 1.75. The first-order chi connectivity index (χ1) is 10.3. The number of benzene rings is 1. The number of rotatable bonds is 4. The number of nitrogens with one attached hydrogen (secondary N) is 1. The van der Waals surface area contributed by atoms with Crippen molar-refractivity contribution in [2.75, 3.05) is 32.7 Å². The van der Waals surface area contributed by atoms with E-state index < -0.39 is 10.0 Å². The second-order valence-corrected chi connectivity index (χ2v) is 8.06. The number of aryl methyl sites for hydroxylation is 2. The van der Waals surface area contributed by atoms with Gasteiger partial charge in [0, 0.05) is 0 Å². The Balaban J connectivity index is 2.10. The fraction of sp³-hybridized carbons (Fsp3) is 0.562. The summed E-state index contributed by atoms with van der Waals surface area (Å²) in [5, 5.41) is 8.88. The molecule has 1 aliphatic rings. The molecule has 1 aromatic rings. The molecule has 0 saturated carbocycles. The molecule has 1 saturated heterocycles. The van der Waals surface area contributed by atoms with Crippen molar-refractivity contribution in [1.29, 1.82) is 5.26 Å². The first-order valence-electron chi connectivity index (χ1n) is 7.65. The number of nitrogens with zero attached hydrogens (tertiary/aromatic N) is 2. The van der Waals surface area contributed by atoms with Crippen LogP contribution in [0.5, 0.6) is 0 Å². The van der Waals surface area contributed by atoms with Crippen LogP contribution in [0, 0.1) is 31.1 Å². The Bertz CT molecular complexity index is 671. The Hall–Kier alpha value is -1.42. The highest BCUT2D eigenvalue weighted by Gasteiger charge is 2.31. The van der Waals surface area contributed by atoms with E-state index >= 15 is 0 Å². The van der Waals surface area contributed by atoms with Crippen molar-refractivity contribution in [2.24, 2.45) is 5.92 Å². The normalized spacial score (nSPS) is 18.8. The number of quaternary nitrogens is 1. The molecule has 120 valence electrons. The van der Waals surface area contributed by atoms with Crippen LogP contribution in [0.3, 0.4) is 0 Å². The van der Waals surface area contributed by atoms with Crippen molar-refractivity contribution in [3.05, 3.63) is 29.3 Å². The lowest BCUT2D eigenvalue weighted by molar-refractivity contribution is -0.905. The maximum Gasteiger partial charge on any atom is 0.243 e. The van der Waals surface area contributed by atoms with Crippen molar-refractivity contribution in [3.8, 4) is 6.07 Å². The zero-order valence-electron chi connectivity index (χ0n) is 13.5. The minimum absolute atomic E-state index is 0.0113. The predicted octanol–water partition coefficient (Wildman–Crippen LogP) is 0.352. The molecule has 0 amide bonds. The molecule has 1 aromatic carbocycles. The topological polar surface area (TPSA) is 65.6 Å². The van der Waals surface area contributed by atoms with Gasteiger partial charge in [-0.25, -0.2) is 8.42 Å². The average Bonchev–Trinajstić information content (AvgIpc) is 2.50. The Labute approximate surface area is 133 Å². The highest BCUT2D eigenvalue weighted by molar-refractivity contribution is 7.89. The van der Waals surface area contributed by atoms with E-state index in [-0.39, 0.29) is 5.92 Å². The molecule has 5 nitrogen and oxygen atoms in total. The minimum Gasteiger partial charge on any atom is -0.332 e. The summed E-state index contributed by atoms with van der Waals surface area (Å²) < 4.78 is 27.2. The van der Waals surface area contributed by atoms with Crippen LogP contribution in [0.25, 0.3) is 0 Å². The maximum absolute atomic E-state index is 12.8. The molecule has 0 spiro atoms. The molecular formula is C16H24N3O2S+. The van der Waals surface area contributed by atoms with E-state index in [1.807, 2.05) is 32.9 Å². The van der Waals surface area contributed by atoms with Gasteiger partial charge in [-0.1, -0.05) is 12.1 Å². The van der Waals surface area contributed by atoms with Gasteiger partial charge in [-0.05, 0) is 38.0 Å². The van der Waals surface area contributed by atoms with Gasteiger partial charge in [0.1, 0.15) is 0 Å². The number of hydrogen-bond donors (Lipinski definition) is 1. The van der Waals surface area contributed by atoms with E-state index in [9.17, 15) is 8.42 Å². The van der Waals surface area contributed by atoms with E-state index in [4.69, 9.17) is 5.26 Å². The van der Waals surface area contributed by atoms with Gasteiger partial charge in [0.25, 0.3) is 0 Å². The maximum atomic E-state index is 12.8. The predicted molar refractivity (Wildman–Crippen MR) is 85.0 cm³/mol. The fourth-order valence-corrected chi connectivity index (χ4v) is 4.60.